The molecule has 0 saturated carbocycles. The number of aldehydes is 1. The number of methoxy groups -OCH3 is 2. The van der Waals surface area contributed by atoms with E-state index in [4.69, 9.17) is 21.1 Å². The topological polar surface area (TPSA) is 52.6 Å². The number of carbonyl (C=O) groups is 2. The first kappa shape index (κ1) is 18.8. The molecule has 2 aromatic carbocycles. The molecule has 0 amide bonds. The largest absolute Gasteiger partial charge is 0.493 e. The predicted molar refractivity (Wildman–Crippen MR) is 84.8 cm³/mol. The molecule has 0 bridgehead atoms. The fourth-order valence-electron chi connectivity index (χ4n) is 2.34. The highest BCUT2D eigenvalue weighted by atomic mass is 35.5. The van der Waals surface area contributed by atoms with Crippen LogP contribution in [0.25, 0.3) is 0 Å². The lowest BCUT2D eigenvalue weighted by molar-refractivity contribution is -0.137. The molecule has 0 spiro atoms. The molecule has 0 atom stereocenters. The third-order valence-electron chi connectivity index (χ3n) is 3.47. The first-order chi connectivity index (χ1) is 11.7. The highest BCUT2D eigenvalue weighted by molar-refractivity contribution is 6.32. The minimum Gasteiger partial charge on any atom is -0.493 e. The molecule has 25 heavy (non-hydrogen) atoms. The van der Waals surface area contributed by atoms with Gasteiger partial charge >= 0.3 is 6.18 Å². The lowest BCUT2D eigenvalue weighted by atomic mass is 9.93. The second-order valence-electron chi connectivity index (χ2n) is 4.90. The Hall–Kier alpha value is -2.54. The van der Waals surface area contributed by atoms with Crippen molar-refractivity contribution in [1.29, 1.82) is 0 Å². The number of benzene rings is 2. The van der Waals surface area contributed by atoms with E-state index in [1.807, 2.05) is 0 Å². The molecule has 4 nitrogen and oxygen atoms in total. The molecule has 0 aliphatic carbocycles. The van der Waals surface area contributed by atoms with E-state index in [1.54, 1.807) is 0 Å². The van der Waals surface area contributed by atoms with Crippen molar-refractivity contribution in [3.05, 3.63) is 57.6 Å². The van der Waals surface area contributed by atoms with E-state index >= 15 is 0 Å². The molecule has 0 N–H and O–H groups in total. The molecular weight excluding hydrogens is 361 g/mol. The maximum atomic E-state index is 13.4. The third kappa shape index (κ3) is 3.61. The van der Waals surface area contributed by atoms with Crippen molar-refractivity contribution in [2.24, 2.45) is 0 Å². The van der Waals surface area contributed by atoms with Crippen LogP contribution >= 0.6 is 11.6 Å². The predicted octanol–water partition coefficient (Wildman–Crippen LogP) is 4.42. The van der Waals surface area contributed by atoms with E-state index in [2.05, 4.69) is 0 Å². The molecule has 0 aromatic heterocycles. The normalized spacial score (nSPS) is 11.1. The van der Waals surface area contributed by atoms with Crippen molar-refractivity contribution >= 4 is 23.7 Å². The maximum absolute atomic E-state index is 13.4. The van der Waals surface area contributed by atoms with Crippen LogP contribution < -0.4 is 9.47 Å². The van der Waals surface area contributed by atoms with Gasteiger partial charge in [0, 0.05) is 16.7 Å². The average molecular weight is 373 g/mol. The summed E-state index contributed by atoms with van der Waals surface area (Å²) >= 11 is 5.65. The van der Waals surface area contributed by atoms with Crippen molar-refractivity contribution in [3.8, 4) is 11.5 Å². The molecule has 0 aliphatic heterocycles. The SMILES string of the molecule is COc1ccc(C(=O)c2c(C=O)ccc(Cl)c2C(F)(F)F)cc1OC. The van der Waals surface area contributed by atoms with Crippen LogP contribution in [0.2, 0.25) is 5.02 Å². The van der Waals surface area contributed by atoms with Crippen LogP contribution in [0, 0.1) is 0 Å². The summed E-state index contributed by atoms with van der Waals surface area (Å²) in [4.78, 5) is 23.9. The van der Waals surface area contributed by atoms with Crippen molar-refractivity contribution < 1.29 is 32.2 Å². The zero-order valence-corrected chi connectivity index (χ0v) is 13.9. The van der Waals surface area contributed by atoms with Gasteiger partial charge in [0.15, 0.2) is 23.6 Å². The fraction of sp³-hybridized carbons (Fsp3) is 0.176. The van der Waals surface area contributed by atoms with Gasteiger partial charge in [0.2, 0.25) is 0 Å². The molecule has 0 saturated heterocycles. The Kier molecular flexibility index (Phi) is 5.37. The number of hydrogen-bond acceptors (Lipinski definition) is 4. The molecule has 0 fully saturated rings. The minimum atomic E-state index is -4.91. The van der Waals surface area contributed by atoms with Gasteiger partial charge in [0.1, 0.15) is 0 Å². The molecule has 8 heteroatoms. The summed E-state index contributed by atoms with van der Waals surface area (Å²) in [6, 6.07) is 5.89. The van der Waals surface area contributed by atoms with Crippen LogP contribution in [0.5, 0.6) is 11.5 Å². The Morgan fingerprint density at radius 1 is 1.08 bits per heavy atom. The smallest absolute Gasteiger partial charge is 0.418 e. The van der Waals surface area contributed by atoms with E-state index in [0.29, 0.717) is 5.75 Å². The zero-order valence-electron chi connectivity index (χ0n) is 13.1. The quantitative estimate of drug-likeness (QED) is 0.576. The van der Waals surface area contributed by atoms with Gasteiger partial charge in [-0.2, -0.15) is 13.2 Å². The summed E-state index contributed by atoms with van der Waals surface area (Å²) in [5, 5.41) is -0.665. The van der Waals surface area contributed by atoms with E-state index in [0.717, 1.165) is 12.1 Å². The van der Waals surface area contributed by atoms with Gasteiger partial charge in [0.05, 0.1) is 24.8 Å². The standard InChI is InChI=1S/C17H12ClF3O4/c1-24-12-6-4-9(7-13(12)25-2)16(23)14-10(8-22)3-5-11(18)15(14)17(19,20)21/h3-8H,1-2H3. The monoisotopic (exact) mass is 372 g/mol. The summed E-state index contributed by atoms with van der Waals surface area (Å²) < 4.78 is 50.2. The average Bonchev–Trinajstić information content (AvgIpc) is 2.58. The van der Waals surface area contributed by atoms with Gasteiger partial charge in [0.25, 0.3) is 0 Å². The molecule has 2 aromatic rings. The second-order valence-corrected chi connectivity index (χ2v) is 5.31. The fourth-order valence-corrected chi connectivity index (χ4v) is 2.60. The van der Waals surface area contributed by atoms with Gasteiger partial charge in [-0.05, 0) is 30.3 Å². The van der Waals surface area contributed by atoms with Gasteiger partial charge in [-0.15, -0.1) is 0 Å². The van der Waals surface area contributed by atoms with Crippen LogP contribution in [0.15, 0.2) is 30.3 Å². The van der Waals surface area contributed by atoms with Crippen LogP contribution in [0.4, 0.5) is 13.2 Å². The van der Waals surface area contributed by atoms with Crippen LogP contribution in [0.1, 0.15) is 31.8 Å². The lowest BCUT2D eigenvalue weighted by Gasteiger charge is -2.16. The van der Waals surface area contributed by atoms with Gasteiger partial charge < -0.3 is 9.47 Å². The number of halogens is 4. The number of carbonyl (C=O) groups excluding carboxylic acids is 2. The first-order valence-electron chi connectivity index (χ1n) is 6.86. The number of rotatable bonds is 5. The Balaban J connectivity index is 2.71. The number of alkyl halides is 3. The number of hydrogen-bond donors (Lipinski definition) is 0. The van der Waals surface area contributed by atoms with Gasteiger partial charge in [-0.25, -0.2) is 0 Å². The van der Waals surface area contributed by atoms with Crippen LogP contribution in [0.3, 0.4) is 0 Å². The Morgan fingerprint density at radius 3 is 2.24 bits per heavy atom. The van der Waals surface area contributed by atoms with E-state index in [-0.39, 0.29) is 17.6 Å². The number of ether oxygens (including phenoxy) is 2. The van der Waals surface area contributed by atoms with E-state index in [9.17, 15) is 22.8 Å². The summed E-state index contributed by atoms with van der Waals surface area (Å²) in [5.74, 6) is -0.536. The summed E-state index contributed by atoms with van der Waals surface area (Å²) in [5.41, 5.74) is -2.66. The second kappa shape index (κ2) is 7.14. The van der Waals surface area contributed by atoms with Crippen molar-refractivity contribution in [1.82, 2.24) is 0 Å². The molecule has 2 rings (SSSR count). The van der Waals surface area contributed by atoms with Gasteiger partial charge in [-0.3, -0.25) is 9.59 Å². The lowest BCUT2D eigenvalue weighted by Crippen LogP contribution is -2.17. The molecule has 0 heterocycles. The highest BCUT2D eigenvalue weighted by Gasteiger charge is 2.39. The molecule has 0 aliphatic rings. The van der Waals surface area contributed by atoms with Crippen LogP contribution in [-0.4, -0.2) is 26.3 Å². The van der Waals surface area contributed by atoms with Crippen molar-refractivity contribution in [3.63, 3.8) is 0 Å². The first-order valence-corrected chi connectivity index (χ1v) is 7.24. The molecule has 132 valence electrons. The Morgan fingerprint density at radius 2 is 1.72 bits per heavy atom. The Labute approximate surface area is 146 Å². The Bertz CT molecular complexity index is 831. The molecular formula is C17H12ClF3O4. The van der Waals surface area contributed by atoms with Crippen molar-refractivity contribution in [2.75, 3.05) is 14.2 Å². The highest BCUT2D eigenvalue weighted by Crippen LogP contribution is 2.39. The van der Waals surface area contributed by atoms with E-state index < -0.39 is 33.7 Å². The summed E-state index contributed by atoms with van der Waals surface area (Å²) in [7, 11) is 2.70. The van der Waals surface area contributed by atoms with Crippen molar-refractivity contribution in [2.45, 2.75) is 6.18 Å². The maximum Gasteiger partial charge on any atom is 0.418 e. The van der Waals surface area contributed by atoms with Gasteiger partial charge in [-0.1, -0.05) is 11.6 Å². The summed E-state index contributed by atoms with van der Waals surface area (Å²) in [6.07, 6.45) is -4.72. The number of ketones is 1. The third-order valence-corrected chi connectivity index (χ3v) is 3.78. The van der Waals surface area contributed by atoms with E-state index in [1.165, 1.54) is 32.4 Å². The van der Waals surface area contributed by atoms with Crippen LogP contribution in [-0.2, 0) is 6.18 Å². The summed E-state index contributed by atoms with van der Waals surface area (Å²) in [6.45, 7) is 0. The zero-order chi connectivity index (χ0) is 18.8. The molecule has 0 unspecified atom stereocenters. The minimum absolute atomic E-state index is 0.103. The molecule has 0 radical (unpaired) electrons.